The van der Waals surface area contributed by atoms with Crippen LogP contribution in [0.4, 0.5) is 8.78 Å². The van der Waals surface area contributed by atoms with Crippen LogP contribution in [0.15, 0.2) is 18.2 Å². The summed E-state index contributed by atoms with van der Waals surface area (Å²) in [4.78, 5) is 11.9. The normalized spacial score (nSPS) is 12.1. The van der Waals surface area contributed by atoms with E-state index in [9.17, 15) is 13.6 Å². The van der Waals surface area contributed by atoms with E-state index in [4.69, 9.17) is 4.74 Å². The second kappa shape index (κ2) is 5.42. The minimum Gasteiger partial charge on any atom is -0.460 e. The van der Waals surface area contributed by atoms with Crippen molar-refractivity contribution in [1.82, 2.24) is 9.78 Å². The van der Waals surface area contributed by atoms with E-state index in [1.54, 1.807) is 46.0 Å². The van der Waals surface area contributed by atoms with Gasteiger partial charge in [0.25, 0.3) is 6.43 Å². The zero-order valence-electron chi connectivity index (χ0n) is 12.5. The Labute approximate surface area is 121 Å². The minimum atomic E-state index is -2.65. The van der Waals surface area contributed by atoms with E-state index in [0.717, 1.165) is 0 Å². The van der Waals surface area contributed by atoms with E-state index in [1.807, 2.05) is 0 Å². The van der Waals surface area contributed by atoms with Crippen molar-refractivity contribution in [1.29, 1.82) is 0 Å². The number of hydrogen-bond acceptors (Lipinski definition) is 3. The van der Waals surface area contributed by atoms with E-state index in [2.05, 4.69) is 5.10 Å². The van der Waals surface area contributed by atoms with Gasteiger partial charge in [-0.3, -0.25) is 9.48 Å². The Morgan fingerprint density at radius 1 is 1.38 bits per heavy atom. The van der Waals surface area contributed by atoms with Crippen LogP contribution in [0.1, 0.15) is 38.5 Å². The van der Waals surface area contributed by atoms with Gasteiger partial charge in [0.15, 0.2) is 0 Å². The SMILES string of the molecule is Cn1nc(C(F)F)c2cccc(CC(=O)OC(C)(C)C)c21. The van der Waals surface area contributed by atoms with Crippen LogP contribution in [-0.2, 0) is 23.0 Å². The molecule has 0 saturated heterocycles. The number of para-hydroxylation sites is 1. The van der Waals surface area contributed by atoms with Gasteiger partial charge in [0.05, 0.1) is 11.9 Å². The van der Waals surface area contributed by atoms with E-state index in [0.29, 0.717) is 16.5 Å². The number of esters is 1. The van der Waals surface area contributed by atoms with Crippen LogP contribution in [0, 0.1) is 0 Å². The number of fused-ring (bicyclic) bond motifs is 1. The molecule has 1 aromatic heterocycles. The number of benzene rings is 1. The molecular formula is C15H18F2N2O2. The monoisotopic (exact) mass is 296 g/mol. The van der Waals surface area contributed by atoms with Crippen LogP contribution < -0.4 is 0 Å². The van der Waals surface area contributed by atoms with Crippen LogP contribution in [0.2, 0.25) is 0 Å². The van der Waals surface area contributed by atoms with Gasteiger partial charge in [0.2, 0.25) is 0 Å². The minimum absolute atomic E-state index is 0.0246. The molecule has 0 radical (unpaired) electrons. The van der Waals surface area contributed by atoms with Crippen LogP contribution in [0.3, 0.4) is 0 Å². The molecule has 0 atom stereocenters. The highest BCUT2D eigenvalue weighted by Crippen LogP contribution is 2.29. The van der Waals surface area contributed by atoms with Gasteiger partial charge in [-0.15, -0.1) is 0 Å². The highest BCUT2D eigenvalue weighted by Gasteiger charge is 2.21. The number of nitrogens with zero attached hydrogens (tertiary/aromatic N) is 2. The van der Waals surface area contributed by atoms with Gasteiger partial charge in [-0.2, -0.15) is 5.10 Å². The summed E-state index contributed by atoms with van der Waals surface area (Å²) in [5.74, 6) is -0.394. The maximum absolute atomic E-state index is 13.0. The lowest BCUT2D eigenvalue weighted by atomic mass is 10.1. The molecule has 4 nitrogen and oxygen atoms in total. The number of carbonyl (C=O) groups is 1. The van der Waals surface area contributed by atoms with Crippen molar-refractivity contribution >= 4 is 16.9 Å². The predicted octanol–water partition coefficient (Wildman–Crippen LogP) is 3.40. The molecule has 0 amide bonds. The summed E-state index contributed by atoms with van der Waals surface area (Å²) in [5, 5.41) is 4.22. The molecule has 21 heavy (non-hydrogen) atoms. The first kappa shape index (κ1) is 15.4. The molecule has 6 heteroatoms. The number of rotatable bonds is 3. The fourth-order valence-electron chi connectivity index (χ4n) is 2.28. The third-order valence-corrected chi connectivity index (χ3v) is 2.94. The first-order valence-electron chi connectivity index (χ1n) is 6.63. The van der Waals surface area contributed by atoms with E-state index < -0.39 is 18.0 Å². The van der Waals surface area contributed by atoms with Gasteiger partial charge in [0, 0.05) is 12.4 Å². The standard InChI is InChI=1S/C15H18F2N2O2/c1-15(2,3)21-11(20)8-9-6-5-7-10-12(14(16)17)18-19(4)13(9)10/h5-7,14H,8H2,1-4H3. The lowest BCUT2D eigenvalue weighted by molar-refractivity contribution is -0.153. The fourth-order valence-corrected chi connectivity index (χ4v) is 2.28. The lowest BCUT2D eigenvalue weighted by Crippen LogP contribution is -2.25. The maximum atomic E-state index is 13.0. The molecular weight excluding hydrogens is 278 g/mol. The van der Waals surface area contributed by atoms with Crippen molar-refractivity contribution in [2.24, 2.45) is 7.05 Å². The molecule has 1 aromatic carbocycles. The molecule has 0 saturated carbocycles. The van der Waals surface area contributed by atoms with Crippen molar-refractivity contribution in [3.8, 4) is 0 Å². The average molecular weight is 296 g/mol. The van der Waals surface area contributed by atoms with Crippen LogP contribution in [0.5, 0.6) is 0 Å². The lowest BCUT2D eigenvalue weighted by Gasteiger charge is -2.19. The second-order valence-corrected chi connectivity index (χ2v) is 5.89. The molecule has 2 rings (SSSR count). The Morgan fingerprint density at radius 2 is 2.05 bits per heavy atom. The molecule has 0 bridgehead atoms. The van der Waals surface area contributed by atoms with Gasteiger partial charge in [0.1, 0.15) is 11.3 Å². The molecule has 1 heterocycles. The topological polar surface area (TPSA) is 44.1 Å². The van der Waals surface area contributed by atoms with E-state index >= 15 is 0 Å². The molecule has 0 aliphatic heterocycles. The number of aryl methyl sites for hydroxylation is 1. The molecule has 0 N–H and O–H groups in total. The highest BCUT2D eigenvalue weighted by atomic mass is 19.3. The Balaban J connectivity index is 2.39. The van der Waals surface area contributed by atoms with E-state index in [1.165, 1.54) is 4.68 Å². The number of hydrogen-bond donors (Lipinski definition) is 0. The fraction of sp³-hybridized carbons (Fsp3) is 0.467. The summed E-state index contributed by atoms with van der Waals surface area (Å²) in [6, 6.07) is 4.96. The summed E-state index contributed by atoms with van der Waals surface area (Å²) in [5.41, 5.74) is 0.326. The molecule has 114 valence electrons. The molecule has 0 fully saturated rings. The van der Waals surface area contributed by atoms with Gasteiger partial charge in [-0.1, -0.05) is 18.2 Å². The zero-order valence-corrected chi connectivity index (χ0v) is 12.5. The number of ether oxygens (including phenoxy) is 1. The van der Waals surface area contributed by atoms with Crippen molar-refractivity contribution in [3.63, 3.8) is 0 Å². The van der Waals surface area contributed by atoms with Crippen molar-refractivity contribution in [3.05, 3.63) is 29.5 Å². The smallest absolute Gasteiger partial charge is 0.310 e. The van der Waals surface area contributed by atoms with Gasteiger partial charge in [-0.25, -0.2) is 8.78 Å². The zero-order chi connectivity index (χ0) is 15.8. The maximum Gasteiger partial charge on any atom is 0.310 e. The number of halogens is 2. The molecule has 0 spiro atoms. The third kappa shape index (κ3) is 3.37. The second-order valence-electron chi connectivity index (χ2n) is 5.89. The van der Waals surface area contributed by atoms with E-state index in [-0.39, 0.29) is 12.1 Å². The number of alkyl halides is 2. The molecule has 0 aliphatic carbocycles. The van der Waals surface area contributed by atoms with Crippen LogP contribution in [0.25, 0.3) is 10.9 Å². The summed E-state index contributed by atoms with van der Waals surface area (Å²) in [6.07, 6.45) is -2.62. The first-order chi connectivity index (χ1) is 9.69. The Bertz CT molecular complexity index is 672. The summed E-state index contributed by atoms with van der Waals surface area (Å²) in [7, 11) is 1.59. The van der Waals surface area contributed by atoms with Crippen LogP contribution >= 0.6 is 0 Å². The Hall–Kier alpha value is -1.98. The number of aromatic nitrogens is 2. The molecule has 2 aromatic rings. The van der Waals surface area contributed by atoms with Crippen LogP contribution in [-0.4, -0.2) is 21.4 Å². The van der Waals surface area contributed by atoms with Crippen molar-refractivity contribution in [2.75, 3.05) is 0 Å². The predicted molar refractivity (Wildman–Crippen MR) is 75.2 cm³/mol. The quantitative estimate of drug-likeness (QED) is 0.815. The summed E-state index contributed by atoms with van der Waals surface area (Å²) in [6.45, 7) is 5.35. The first-order valence-corrected chi connectivity index (χ1v) is 6.63. The summed E-state index contributed by atoms with van der Waals surface area (Å²) < 4.78 is 32.6. The Kier molecular flexibility index (Phi) is 3.98. The average Bonchev–Trinajstić information content (AvgIpc) is 2.65. The highest BCUT2D eigenvalue weighted by molar-refractivity contribution is 5.88. The largest absolute Gasteiger partial charge is 0.460 e. The number of carbonyl (C=O) groups excluding carboxylic acids is 1. The molecule has 0 unspecified atom stereocenters. The Morgan fingerprint density at radius 3 is 2.62 bits per heavy atom. The molecule has 0 aliphatic rings. The van der Waals surface area contributed by atoms with Gasteiger partial charge >= 0.3 is 5.97 Å². The van der Waals surface area contributed by atoms with Crippen molar-refractivity contribution in [2.45, 2.75) is 39.2 Å². The van der Waals surface area contributed by atoms with Crippen molar-refractivity contribution < 1.29 is 18.3 Å². The van der Waals surface area contributed by atoms with Gasteiger partial charge in [-0.05, 0) is 26.3 Å². The third-order valence-electron chi connectivity index (χ3n) is 2.94. The summed E-state index contributed by atoms with van der Waals surface area (Å²) >= 11 is 0. The van der Waals surface area contributed by atoms with Gasteiger partial charge < -0.3 is 4.74 Å².